The van der Waals surface area contributed by atoms with Gasteiger partial charge in [0, 0.05) is 5.70 Å². The van der Waals surface area contributed by atoms with Crippen molar-refractivity contribution in [1.82, 2.24) is 0 Å². The number of rotatable bonds is 2. The largest absolute Gasteiger partial charge is 0.373 e. The van der Waals surface area contributed by atoms with Crippen LogP contribution >= 0.6 is 0 Å². The molecule has 0 radical (unpaired) electrons. The standard InChI is InChI=1S/C21H18N2/c1-3-9-16(10-4-1)20-15-21(17-11-5-2-6-12-17)23-19-14-8-7-13-18(19)22-20/h1-15,20,22-23H. The molecule has 0 aromatic heterocycles. The molecule has 2 heteroatoms. The third-order valence-corrected chi connectivity index (χ3v) is 4.08. The summed E-state index contributed by atoms with van der Waals surface area (Å²) in [7, 11) is 0. The minimum atomic E-state index is 0.127. The zero-order valence-corrected chi connectivity index (χ0v) is 12.7. The molecule has 0 bridgehead atoms. The molecule has 1 aliphatic heterocycles. The van der Waals surface area contributed by atoms with E-state index in [0.29, 0.717) is 0 Å². The van der Waals surface area contributed by atoms with Gasteiger partial charge in [-0.1, -0.05) is 72.8 Å². The van der Waals surface area contributed by atoms with Crippen LogP contribution in [0.4, 0.5) is 11.4 Å². The predicted octanol–water partition coefficient (Wildman–Crippen LogP) is 5.31. The van der Waals surface area contributed by atoms with Gasteiger partial charge < -0.3 is 10.6 Å². The van der Waals surface area contributed by atoms with E-state index in [2.05, 4.69) is 89.5 Å². The SMILES string of the molecule is C1=C(c2ccccc2)Nc2ccccc2NC1c1ccccc1. The lowest BCUT2D eigenvalue weighted by Crippen LogP contribution is -2.07. The molecular formula is C21H18N2. The van der Waals surface area contributed by atoms with Gasteiger partial charge in [-0.2, -0.15) is 0 Å². The first-order valence-corrected chi connectivity index (χ1v) is 7.85. The maximum absolute atomic E-state index is 3.64. The number of para-hydroxylation sites is 2. The summed E-state index contributed by atoms with van der Waals surface area (Å²) < 4.78 is 0. The molecule has 23 heavy (non-hydrogen) atoms. The normalized spacial score (nSPS) is 16.3. The smallest absolute Gasteiger partial charge is 0.0721 e. The van der Waals surface area contributed by atoms with Crippen LogP contribution in [0.15, 0.2) is 91.0 Å². The molecule has 3 aromatic carbocycles. The first-order valence-electron chi connectivity index (χ1n) is 7.85. The quantitative estimate of drug-likeness (QED) is 0.670. The minimum absolute atomic E-state index is 0.127. The zero-order chi connectivity index (χ0) is 15.5. The molecule has 0 fully saturated rings. The van der Waals surface area contributed by atoms with E-state index in [4.69, 9.17) is 0 Å². The lowest BCUT2D eigenvalue weighted by Gasteiger charge is -2.16. The fraction of sp³-hybridized carbons (Fsp3) is 0.0476. The molecule has 1 aliphatic rings. The summed E-state index contributed by atoms with van der Waals surface area (Å²) in [5.74, 6) is 0. The Morgan fingerprint density at radius 1 is 0.609 bits per heavy atom. The molecule has 0 spiro atoms. The second kappa shape index (κ2) is 6.01. The van der Waals surface area contributed by atoms with Crippen molar-refractivity contribution in [3.63, 3.8) is 0 Å². The van der Waals surface area contributed by atoms with E-state index in [9.17, 15) is 0 Å². The van der Waals surface area contributed by atoms with Gasteiger partial charge in [-0.3, -0.25) is 0 Å². The molecule has 0 saturated heterocycles. The van der Waals surface area contributed by atoms with E-state index >= 15 is 0 Å². The molecule has 112 valence electrons. The van der Waals surface area contributed by atoms with E-state index in [0.717, 1.165) is 17.1 Å². The lowest BCUT2D eigenvalue weighted by atomic mass is 10.0. The molecule has 0 aliphatic carbocycles. The maximum Gasteiger partial charge on any atom is 0.0721 e. The molecule has 2 N–H and O–H groups in total. The molecule has 4 rings (SSSR count). The second-order valence-corrected chi connectivity index (χ2v) is 5.65. The summed E-state index contributed by atoms with van der Waals surface area (Å²) in [5.41, 5.74) is 5.77. The van der Waals surface area contributed by atoms with E-state index < -0.39 is 0 Å². The fourth-order valence-electron chi connectivity index (χ4n) is 2.91. The first kappa shape index (κ1) is 13.6. The highest BCUT2D eigenvalue weighted by molar-refractivity contribution is 5.85. The maximum atomic E-state index is 3.64. The van der Waals surface area contributed by atoms with E-state index in [1.54, 1.807) is 0 Å². The summed E-state index contributed by atoms with van der Waals surface area (Å²) in [6, 6.07) is 29.4. The van der Waals surface area contributed by atoms with Crippen LogP contribution in [-0.2, 0) is 0 Å². The van der Waals surface area contributed by atoms with Crippen molar-refractivity contribution in [1.29, 1.82) is 0 Å². The van der Waals surface area contributed by atoms with Crippen molar-refractivity contribution < 1.29 is 0 Å². The van der Waals surface area contributed by atoms with Crippen molar-refractivity contribution in [2.75, 3.05) is 10.6 Å². The van der Waals surface area contributed by atoms with Gasteiger partial charge >= 0.3 is 0 Å². The van der Waals surface area contributed by atoms with E-state index in [1.165, 1.54) is 11.1 Å². The van der Waals surface area contributed by atoms with Gasteiger partial charge in [0.25, 0.3) is 0 Å². The number of anilines is 2. The number of fused-ring (bicyclic) bond motifs is 1. The topological polar surface area (TPSA) is 24.1 Å². The minimum Gasteiger partial charge on any atom is -0.373 e. The summed E-state index contributed by atoms with van der Waals surface area (Å²) in [5, 5.41) is 7.21. The Labute approximate surface area is 136 Å². The summed E-state index contributed by atoms with van der Waals surface area (Å²) in [4.78, 5) is 0. The molecule has 1 heterocycles. The Hall–Kier alpha value is -3.00. The van der Waals surface area contributed by atoms with Crippen LogP contribution in [0.5, 0.6) is 0 Å². The highest BCUT2D eigenvalue weighted by atomic mass is 15.0. The van der Waals surface area contributed by atoms with Crippen molar-refractivity contribution in [2.24, 2.45) is 0 Å². The molecular weight excluding hydrogens is 280 g/mol. The van der Waals surface area contributed by atoms with Crippen molar-refractivity contribution in [3.05, 3.63) is 102 Å². The molecule has 2 nitrogen and oxygen atoms in total. The van der Waals surface area contributed by atoms with Crippen LogP contribution in [0.25, 0.3) is 5.70 Å². The van der Waals surface area contributed by atoms with Crippen LogP contribution in [0.2, 0.25) is 0 Å². The molecule has 3 aromatic rings. The summed E-state index contributed by atoms with van der Waals surface area (Å²) in [6.45, 7) is 0. The van der Waals surface area contributed by atoms with Gasteiger partial charge in [0.05, 0.1) is 17.4 Å². The Balaban J connectivity index is 1.82. The second-order valence-electron chi connectivity index (χ2n) is 5.65. The lowest BCUT2D eigenvalue weighted by molar-refractivity contribution is 0.992. The predicted molar refractivity (Wildman–Crippen MR) is 97.3 cm³/mol. The number of hydrogen-bond donors (Lipinski definition) is 2. The highest BCUT2D eigenvalue weighted by Crippen LogP contribution is 2.34. The van der Waals surface area contributed by atoms with Crippen molar-refractivity contribution in [2.45, 2.75) is 6.04 Å². The van der Waals surface area contributed by atoms with E-state index in [-0.39, 0.29) is 6.04 Å². The van der Waals surface area contributed by atoms with E-state index in [1.807, 2.05) is 12.1 Å². The average Bonchev–Trinajstić information content (AvgIpc) is 2.83. The van der Waals surface area contributed by atoms with Crippen LogP contribution in [-0.4, -0.2) is 0 Å². The molecule has 0 saturated carbocycles. The van der Waals surface area contributed by atoms with Gasteiger partial charge in [-0.25, -0.2) is 0 Å². The van der Waals surface area contributed by atoms with Gasteiger partial charge in [0.1, 0.15) is 0 Å². The van der Waals surface area contributed by atoms with Crippen molar-refractivity contribution in [3.8, 4) is 0 Å². The average molecular weight is 298 g/mol. The van der Waals surface area contributed by atoms with Gasteiger partial charge in [-0.15, -0.1) is 0 Å². The van der Waals surface area contributed by atoms with Gasteiger partial charge in [0.15, 0.2) is 0 Å². The van der Waals surface area contributed by atoms with Crippen LogP contribution in [0, 0.1) is 0 Å². The van der Waals surface area contributed by atoms with Crippen LogP contribution in [0.3, 0.4) is 0 Å². The molecule has 0 amide bonds. The zero-order valence-electron chi connectivity index (χ0n) is 12.7. The third kappa shape index (κ3) is 2.84. The molecule has 1 unspecified atom stereocenters. The Kier molecular flexibility index (Phi) is 3.57. The van der Waals surface area contributed by atoms with Gasteiger partial charge in [-0.05, 0) is 29.3 Å². The highest BCUT2D eigenvalue weighted by Gasteiger charge is 2.17. The molecule has 1 atom stereocenters. The van der Waals surface area contributed by atoms with Crippen LogP contribution < -0.4 is 10.6 Å². The Morgan fingerprint density at radius 3 is 1.96 bits per heavy atom. The fourth-order valence-corrected chi connectivity index (χ4v) is 2.91. The summed E-state index contributed by atoms with van der Waals surface area (Å²) >= 11 is 0. The summed E-state index contributed by atoms with van der Waals surface area (Å²) in [6.07, 6.45) is 2.25. The Bertz CT molecular complexity index is 823. The van der Waals surface area contributed by atoms with Crippen LogP contribution in [0.1, 0.15) is 17.2 Å². The third-order valence-electron chi connectivity index (χ3n) is 4.08. The Morgan fingerprint density at radius 2 is 1.22 bits per heavy atom. The number of hydrogen-bond acceptors (Lipinski definition) is 2. The van der Waals surface area contributed by atoms with Gasteiger partial charge in [0.2, 0.25) is 0 Å². The van der Waals surface area contributed by atoms with Crippen molar-refractivity contribution >= 4 is 17.1 Å². The number of nitrogens with one attached hydrogen (secondary N) is 2. The number of benzene rings is 3. The monoisotopic (exact) mass is 298 g/mol. The first-order chi connectivity index (χ1) is 11.4.